The largest absolute Gasteiger partial charge is 0.492 e. The average Bonchev–Trinajstić information content (AvgIpc) is 3.33. The Morgan fingerprint density at radius 2 is 1.79 bits per heavy atom. The van der Waals surface area contributed by atoms with Gasteiger partial charge in [0.05, 0.1) is 0 Å². The lowest BCUT2D eigenvalue weighted by Gasteiger charge is -2.07. The van der Waals surface area contributed by atoms with Gasteiger partial charge in [0.15, 0.2) is 5.82 Å². The van der Waals surface area contributed by atoms with Gasteiger partial charge >= 0.3 is 0 Å². The van der Waals surface area contributed by atoms with Crippen LogP contribution in [-0.4, -0.2) is 34.2 Å². The number of imidazole rings is 1. The molecule has 0 radical (unpaired) electrons. The molecule has 7 heteroatoms. The topological polar surface area (TPSA) is 81.1 Å². The summed E-state index contributed by atoms with van der Waals surface area (Å²) < 4.78 is 3.47. The fourth-order valence-electron chi connectivity index (χ4n) is 3.38. The van der Waals surface area contributed by atoms with Gasteiger partial charge in [-0.05, 0) is 11.6 Å². The summed E-state index contributed by atoms with van der Waals surface area (Å²) >= 11 is 0. The van der Waals surface area contributed by atoms with Crippen molar-refractivity contribution in [1.82, 2.24) is 29.1 Å². The summed E-state index contributed by atoms with van der Waals surface area (Å²) in [5.74, 6) is 0.835. The Morgan fingerprint density at radius 1 is 0.964 bits per heavy atom. The molecule has 0 saturated carbocycles. The lowest BCUT2D eigenvalue weighted by molar-refractivity contribution is 0.455. The molecule has 4 heterocycles. The molecule has 0 aliphatic carbocycles. The van der Waals surface area contributed by atoms with Crippen LogP contribution in [0.1, 0.15) is 0 Å². The van der Waals surface area contributed by atoms with Gasteiger partial charge in [-0.1, -0.05) is 36.4 Å². The molecule has 0 aliphatic rings. The van der Waals surface area contributed by atoms with Crippen LogP contribution in [0.5, 0.6) is 5.88 Å². The highest BCUT2D eigenvalue weighted by molar-refractivity contribution is 5.96. The van der Waals surface area contributed by atoms with Gasteiger partial charge in [0.2, 0.25) is 11.7 Å². The summed E-state index contributed by atoms with van der Waals surface area (Å²) in [6, 6.07) is 13.8. The van der Waals surface area contributed by atoms with Crippen LogP contribution < -0.4 is 0 Å². The molecule has 5 aromatic rings. The van der Waals surface area contributed by atoms with Gasteiger partial charge in [-0.2, -0.15) is 4.98 Å². The van der Waals surface area contributed by atoms with E-state index >= 15 is 0 Å². The molecule has 0 spiro atoms. The average molecular weight is 368 g/mol. The van der Waals surface area contributed by atoms with Crippen LogP contribution in [0, 0.1) is 0 Å². The molecule has 0 bridgehead atoms. The van der Waals surface area contributed by atoms with Crippen LogP contribution >= 0.6 is 0 Å². The maximum atomic E-state index is 10.8. The van der Waals surface area contributed by atoms with Crippen molar-refractivity contribution in [2.24, 2.45) is 7.05 Å². The molecular formula is C21H16N6O. The standard InChI is InChI=1S/C21H16N6O/c1-26-11-10-23-20(26)19-24-21(28)18-17(14-6-3-2-4-7-14)16(13-27(18)25-19)15-8-5-9-22-12-15/h2-13H,1H3,(H,24,25,28). The molecule has 0 aliphatic heterocycles. The van der Waals surface area contributed by atoms with E-state index in [4.69, 9.17) is 0 Å². The molecule has 28 heavy (non-hydrogen) atoms. The smallest absolute Gasteiger partial charge is 0.240 e. The second-order valence-electron chi connectivity index (χ2n) is 6.44. The first-order chi connectivity index (χ1) is 13.7. The maximum Gasteiger partial charge on any atom is 0.240 e. The van der Waals surface area contributed by atoms with Crippen LogP contribution in [0.15, 0.2) is 73.4 Å². The number of aromatic hydroxyl groups is 1. The SMILES string of the molecule is Cn1ccnc1-c1nc(O)c2c(-c3ccccc3)c(-c3cccnc3)cn2n1. The highest BCUT2D eigenvalue weighted by Crippen LogP contribution is 2.39. The van der Waals surface area contributed by atoms with E-state index in [1.165, 1.54) is 0 Å². The van der Waals surface area contributed by atoms with Crippen LogP contribution in [-0.2, 0) is 7.05 Å². The molecule has 7 nitrogen and oxygen atoms in total. The second kappa shape index (κ2) is 6.31. The number of nitrogens with zero attached hydrogens (tertiary/aromatic N) is 6. The predicted octanol–water partition coefficient (Wildman–Crippen LogP) is 3.56. The molecule has 0 saturated heterocycles. The third kappa shape index (κ3) is 2.52. The third-order valence-electron chi connectivity index (χ3n) is 4.67. The number of aryl methyl sites for hydroxylation is 1. The fourth-order valence-corrected chi connectivity index (χ4v) is 3.38. The van der Waals surface area contributed by atoms with E-state index in [-0.39, 0.29) is 5.88 Å². The Bertz CT molecular complexity index is 1270. The number of benzene rings is 1. The number of pyridine rings is 1. The molecule has 0 fully saturated rings. The molecule has 136 valence electrons. The Kier molecular flexibility index (Phi) is 3.65. The zero-order chi connectivity index (χ0) is 19.1. The van der Waals surface area contributed by atoms with Gasteiger partial charge in [-0.3, -0.25) is 4.98 Å². The fraction of sp³-hybridized carbons (Fsp3) is 0.0476. The highest BCUT2D eigenvalue weighted by atomic mass is 16.3. The summed E-state index contributed by atoms with van der Waals surface area (Å²) in [4.78, 5) is 12.8. The van der Waals surface area contributed by atoms with E-state index in [2.05, 4.69) is 20.1 Å². The molecule has 0 amide bonds. The Morgan fingerprint density at radius 3 is 2.50 bits per heavy atom. The summed E-state index contributed by atoms with van der Waals surface area (Å²) in [7, 11) is 1.86. The first-order valence-electron chi connectivity index (χ1n) is 8.78. The molecule has 4 aromatic heterocycles. The molecule has 5 rings (SSSR count). The van der Waals surface area contributed by atoms with Gasteiger partial charge in [0.25, 0.3) is 0 Å². The van der Waals surface area contributed by atoms with E-state index in [9.17, 15) is 5.11 Å². The minimum Gasteiger partial charge on any atom is -0.492 e. The van der Waals surface area contributed by atoms with Crippen molar-refractivity contribution >= 4 is 5.52 Å². The Balaban J connectivity index is 1.84. The van der Waals surface area contributed by atoms with Crippen LogP contribution in [0.25, 0.3) is 39.4 Å². The summed E-state index contributed by atoms with van der Waals surface area (Å²) in [6.07, 6.45) is 8.91. The van der Waals surface area contributed by atoms with E-state index in [0.717, 1.165) is 22.3 Å². The molecule has 0 atom stereocenters. The number of fused-ring (bicyclic) bond motifs is 1. The Labute approximate surface area is 160 Å². The quantitative estimate of drug-likeness (QED) is 0.527. The minimum atomic E-state index is -0.0954. The van der Waals surface area contributed by atoms with Crippen molar-refractivity contribution in [3.8, 4) is 39.8 Å². The van der Waals surface area contributed by atoms with E-state index in [1.807, 2.05) is 66.5 Å². The summed E-state index contributed by atoms with van der Waals surface area (Å²) in [5, 5.41) is 15.4. The molecule has 1 N–H and O–H groups in total. The van der Waals surface area contributed by atoms with Gasteiger partial charge < -0.3 is 9.67 Å². The molecule has 0 unspecified atom stereocenters. The molecular weight excluding hydrogens is 352 g/mol. The van der Waals surface area contributed by atoms with E-state index < -0.39 is 0 Å². The van der Waals surface area contributed by atoms with Crippen molar-refractivity contribution in [1.29, 1.82) is 0 Å². The van der Waals surface area contributed by atoms with Gasteiger partial charge in [0.1, 0.15) is 5.52 Å². The van der Waals surface area contributed by atoms with Crippen molar-refractivity contribution in [2.45, 2.75) is 0 Å². The summed E-state index contributed by atoms with van der Waals surface area (Å²) in [6.45, 7) is 0. The first-order valence-corrected chi connectivity index (χ1v) is 8.78. The van der Waals surface area contributed by atoms with Gasteiger partial charge in [-0.15, -0.1) is 5.10 Å². The lowest BCUT2D eigenvalue weighted by atomic mass is 9.99. The lowest BCUT2D eigenvalue weighted by Crippen LogP contribution is -2.02. The number of aromatic nitrogens is 6. The number of hydrogen-bond acceptors (Lipinski definition) is 5. The van der Waals surface area contributed by atoms with Crippen LogP contribution in [0.3, 0.4) is 0 Å². The second-order valence-corrected chi connectivity index (χ2v) is 6.44. The van der Waals surface area contributed by atoms with E-state index in [0.29, 0.717) is 17.2 Å². The number of rotatable bonds is 3. The highest BCUT2D eigenvalue weighted by Gasteiger charge is 2.21. The zero-order valence-electron chi connectivity index (χ0n) is 15.1. The van der Waals surface area contributed by atoms with Gasteiger partial charge in [0, 0.05) is 54.7 Å². The predicted molar refractivity (Wildman–Crippen MR) is 106 cm³/mol. The van der Waals surface area contributed by atoms with Crippen molar-refractivity contribution in [3.63, 3.8) is 0 Å². The van der Waals surface area contributed by atoms with Crippen molar-refractivity contribution in [3.05, 3.63) is 73.4 Å². The van der Waals surface area contributed by atoms with Crippen molar-refractivity contribution < 1.29 is 5.11 Å². The van der Waals surface area contributed by atoms with Crippen LogP contribution in [0.2, 0.25) is 0 Å². The monoisotopic (exact) mass is 368 g/mol. The maximum absolute atomic E-state index is 10.8. The summed E-state index contributed by atoms with van der Waals surface area (Å²) in [5.41, 5.74) is 4.22. The normalized spacial score (nSPS) is 11.2. The van der Waals surface area contributed by atoms with Crippen LogP contribution in [0.4, 0.5) is 0 Å². The van der Waals surface area contributed by atoms with Gasteiger partial charge in [-0.25, -0.2) is 9.50 Å². The van der Waals surface area contributed by atoms with E-state index in [1.54, 1.807) is 23.1 Å². The minimum absolute atomic E-state index is 0.0954. The zero-order valence-corrected chi connectivity index (χ0v) is 15.1. The first kappa shape index (κ1) is 16.2. The number of hydrogen-bond donors (Lipinski definition) is 1. The van der Waals surface area contributed by atoms with Crippen molar-refractivity contribution in [2.75, 3.05) is 0 Å². The molecule has 1 aromatic carbocycles. The third-order valence-corrected chi connectivity index (χ3v) is 4.67. The Hall–Kier alpha value is -4.00.